The van der Waals surface area contributed by atoms with Gasteiger partial charge in [-0.2, -0.15) is 0 Å². The van der Waals surface area contributed by atoms with E-state index >= 15 is 0 Å². The topological polar surface area (TPSA) is 59.1 Å². The molecule has 2 aliphatic rings. The molecule has 0 unspecified atom stereocenters. The summed E-state index contributed by atoms with van der Waals surface area (Å²) in [6.45, 7) is 2.07. The molecule has 3 aromatic carbocycles. The first-order valence-corrected chi connectivity index (χ1v) is 10.7. The molecule has 3 atom stereocenters. The monoisotopic (exact) mass is 428 g/mol. The molecular weight excluding hydrogens is 404 g/mol. The lowest BCUT2D eigenvalue weighted by atomic mass is 9.90. The minimum Gasteiger partial charge on any atom is -0.497 e. The van der Waals surface area contributed by atoms with E-state index in [4.69, 9.17) is 9.57 Å². The number of methoxy groups -OCH3 is 1. The second kappa shape index (κ2) is 8.13. The molecule has 0 spiro atoms. The van der Waals surface area contributed by atoms with Gasteiger partial charge in [0.25, 0.3) is 5.91 Å². The number of nitrogens with zero attached hydrogens (tertiary/aromatic N) is 2. The standard InChI is InChI=1S/C26H24N2O4/c1-3-17-12-14-19(15-13-17)27-25(29)22-23(18-8-7-11-21(16-18)31-2)28(32-24(22)26(27)30)20-9-5-4-6-10-20/h4-16,22-24H,3H2,1-2H3/t22-,23-,24+/m1/s1. The van der Waals surface area contributed by atoms with Crippen molar-refractivity contribution in [3.8, 4) is 5.75 Å². The van der Waals surface area contributed by atoms with E-state index in [9.17, 15) is 9.59 Å². The van der Waals surface area contributed by atoms with Gasteiger partial charge in [-0.15, -0.1) is 0 Å². The van der Waals surface area contributed by atoms with Crippen molar-refractivity contribution in [1.82, 2.24) is 0 Å². The SMILES string of the molecule is CCc1ccc(N2C(=O)[C@H]3[C@H](ON(c4ccccc4)[C@@H]3c3cccc(OC)c3)C2=O)cc1. The molecule has 0 aromatic heterocycles. The molecule has 2 aliphatic heterocycles. The quantitative estimate of drug-likeness (QED) is 0.567. The zero-order valence-corrected chi connectivity index (χ0v) is 18.0. The minimum absolute atomic E-state index is 0.254. The van der Waals surface area contributed by atoms with Gasteiger partial charge < -0.3 is 4.74 Å². The van der Waals surface area contributed by atoms with Crippen LogP contribution < -0.4 is 14.7 Å². The number of hydrogen-bond acceptors (Lipinski definition) is 5. The van der Waals surface area contributed by atoms with Crippen LogP contribution in [0.4, 0.5) is 11.4 Å². The molecule has 0 bridgehead atoms. The van der Waals surface area contributed by atoms with Crippen molar-refractivity contribution in [2.24, 2.45) is 5.92 Å². The van der Waals surface area contributed by atoms with Crippen LogP contribution in [0.1, 0.15) is 24.1 Å². The molecule has 6 heteroatoms. The summed E-state index contributed by atoms with van der Waals surface area (Å²) < 4.78 is 5.41. The molecule has 162 valence electrons. The lowest BCUT2D eigenvalue weighted by Gasteiger charge is -2.29. The Morgan fingerprint density at radius 2 is 1.62 bits per heavy atom. The summed E-state index contributed by atoms with van der Waals surface area (Å²) in [5.41, 5.74) is 3.36. The number of anilines is 2. The van der Waals surface area contributed by atoms with Gasteiger partial charge in [0.1, 0.15) is 11.7 Å². The first-order valence-electron chi connectivity index (χ1n) is 10.7. The first kappa shape index (κ1) is 20.3. The largest absolute Gasteiger partial charge is 0.497 e. The van der Waals surface area contributed by atoms with Crippen LogP contribution in [0.2, 0.25) is 0 Å². The van der Waals surface area contributed by atoms with Gasteiger partial charge in [0.2, 0.25) is 5.91 Å². The molecule has 0 N–H and O–H groups in total. The van der Waals surface area contributed by atoms with E-state index in [1.807, 2.05) is 78.9 Å². The molecule has 2 saturated heterocycles. The molecular formula is C26H24N2O4. The van der Waals surface area contributed by atoms with E-state index in [0.717, 1.165) is 23.2 Å². The summed E-state index contributed by atoms with van der Waals surface area (Å²) in [5.74, 6) is -0.575. The van der Waals surface area contributed by atoms with Crippen LogP contribution in [0, 0.1) is 5.92 Å². The van der Waals surface area contributed by atoms with E-state index in [0.29, 0.717) is 11.4 Å². The zero-order valence-electron chi connectivity index (χ0n) is 18.0. The maximum Gasteiger partial charge on any atom is 0.266 e. The van der Waals surface area contributed by atoms with Crippen molar-refractivity contribution < 1.29 is 19.2 Å². The third-order valence-corrected chi connectivity index (χ3v) is 6.16. The Morgan fingerprint density at radius 1 is 0.875 bits per heavy atom. The Balaban J connectivity index is 1.57. The Bertz CT molecular complexity index is 1150. The summed E-state index contributed by atoms with van der Waals surface area (Å²) in [6, 6.07) is 24.2. The summed E-state index contributed by atoms with van der Waals surface area (Å²) in [7, 11) is 1.61. The van der Waals surface area contributed by atoms with Crippen molar-refractivity contribution in [1.29, 1.82) is 0 Å². The van der Waals surface area contributed by atoms with Crippen molar-refractivity contribution in [2.75, 3.05) is 17.1 Å². The van der Waals surface area contributed by atoms with E-state index in [2.05, 4.69) is 6.92 Å². The second-order valence-electron chi connectivity index (χ2n) is 7.97. The van der Waals surface area contributed by atoms with Crippen molar-refractivity contribution in [3.63, 3.8) is 0 Å². The normalized spacial score (nSPS) is 22.4. The summed E-state index contributed by atoms with van der Waals surface area (Å²) >= 11 is 0. The van der Waals surface area contributed by atoms with Gasteiger partial charge in [-0.25, -0.2) is 9.96 Å². The summed E-state index contributed by atoms with van der Waals surface area (Å²) in [4.78, 5) is 34.4. The van der Waals surface area contributed by atoms with Crippen LogP contribution in [0.3, 0.4) is 0 Å². The lowest BCUT2D eigenvalue weighted by Crippen LogP contribution is -2.37. The zero-order chi connectivity index (χ0) is 22.2. The fraction of sp³-hybridized carbons (Fsp3) is 0.231. The van der Waals surface area contributed by atoms with E-state index in [1.54, 1.807) is 12.2 Å². The molecule has 2 heterocycles. The number of benzene rings is 3. The fourth-order valence-electron chi connectivity index (χ4n) is 4.51. The average Bonchev–Trinajstić information content (AvgIpc) is 3.36. The molecule has 0 aliphatic carbocycles. The van der Waals surface area contributed by atoms with Gasteiger partial charge in [-0.05, 0) is 53.9 Å². The first-order chi connectivity index (χ1) is 15.6. The predicted octanol–water partition coefficient (Wildman–Crippen LogP) is 4.31. The van der Waals surface area contributed by atoms with Crippen molar-refractivity contribution in [3.05, 3.63) is 90.0 Å². The van der Waals surface area contributed by atoms with E-state index < -0.39 is 18.1 Å². The summed E-state index contributed by atoms with van der Waals surface area (Å²) in [5, 5.41) is 1.69. The molecule has 0 radical (unpaired) electrons. The third kappa shape index (κ3) is 3.24. The van der Waals surface area contributed by atoms with Crippen molar-refractivity contribution >= 4 is 23.2 Å². The Labute approximate surface area is 186 Å². The maximum atomic E-state index is 13.6. The van der Waals surface area contributed by atoms with Crippen LogP contribution in [0.5, 0.6) is 5.75 Å². The van der Waals surface area contributed by atoms with Gasteiger partial charge >= 0.3 is 0 Å². The van der Waals surface area contributed by atoms with Crippen LogP contribution in [-0.4, -0.2) is 25.0 Å². The van der Waals surface area contributed by atoms with E-state index in [-0.39, 0.29) is 11.8 Å². The lowest BCUT2D eigenvalue weighted by molar-refractivity contribution is -0.126. The molecule has 5 rings (SSSR count). The van der Waals surface area contributed by atoms with Gasteiger partial charge in [0, 0.05) is 0 Å². The average molecular weight is 428 g/mol. The number of fused-ring (bicyclic) bond motifs is 1. The van der Waals surface area contributed by atoms with E-state index in [1.165, 1.54) is 4.90 Å². The molecule has 6 nitrogen and oxygen atoms in total. The highest BCUT2D eigenvalue weighted by atomic mass is 16.7. The number of amides is 2. The summed E-state index contributed by atoms with van der Waals surface area (Å²) in [6.07, 6.45) is 0.00489. The van der Waals surface area contributed by atoms with Crippen LogP contribution >= 0.6 is 0 Å². The number of ether oxygens (including phenoxy) is 1. The molecule has 2 fully saturated rings. The second-order valence-corrected chi connectivity index (χ2v) is 7.97. The van der Waals surface area contributed by atoms with Gasteiger partial charge in [-0.1, -0.05) is 49.4 Å². The van der Waals surface area contributed by atoms with Crippen LogP contribution in [0.25, 0.3) is 0 Å². The number of rotatable bonds is 5. The Kier molecular flexibility index (Phi) is 5.15. The number of para-hydroxylation sites is 1. The van der Waals surface area contributed by atoms with Gasteiger partial charge in [0.05, 0.1) is 24.5 Å². The molecule has 32 heavy (non-hydrogen) atoms. The maximum absolute atomic E-state index is 13.6. The van der Waals surface area contributed by atoms with Gasteiger partial charge in [-0.3, -0.25) is 14.4 Å². The predicted molar refractivity (Wildman–Crippen MR) is 121 cm³/mol. The molecule has 0 saturated carbocycles. The molecule has 3 aromatic rings. The third-order valence-electron chi connectivity index (χ3n) is 6.16. The van der Waals surface area contributed by atoms with Crippen molar-refractivity contribution in [2.45, 2.75) is 25.5 Å². The fourth-order valence-corrected chi connectivity index (χ4v) is 4.51. The number of imide groups is 1. The highest BCUT2D eigenvalue weighted by molar-refractivity contribution is 6.23. The molecule has 2 amide bonds. The number of carbonyl (C=O) groups excluding carboxylic acids is 2. The number of aryl methyl sites for hydroxylation is 1. The number of hydroxylamine groups is 1. The van der Waals surface area contributed by atoms with Gasteiger partial charge in [0.15, 0.2) is 6.10 Å². The van der Waals surface area contributed by atoms with Crippen LogP contribution in [0.15, 0.2) is 78.9 Å². The number of hydrogen-bond donors (Lipinski definition) is 0. The Morgan fingerprint density at radius 3 is 2.31 bits per heavy atom. The minimum atomic E-state index is -0.884. The smallest absolute Gasteiger partial charge is 0.266 e. The Hall–Kier alpha value is -3.64. The highest BCUT2D eigenvalue weighted by Gasteiger charge is 2.60. The number of carbonyl (C=O) groups is 2. The van der Waals surface area contributed by atoms with Crippen LogP contribution in [-0.2, 0) is 20.8 Å². The highest BCUT2D eigenvalue weighted by Crippen LogP contribution is 2.47.